The van der Waals surface area contributed by atoms with Gasteiger partial charge in [0.05, 0.1) is 6.61 Å². The van der Waals surface area contributed by atoms with Crippen molar-refractivity contribution in [2.24, 2.45) is 11.6 Å². The van der Waals surface area contributed by atoms with Gasteiger partial charge in [0.25, 0.3) is 0 Å². The van der Waals surface area contributed by atoms with Crippen molar-refractivity contribution in [1.82, 2.24) is 0 Å². The summed E-state index contributed by atoms with van der Waals surface area (Å²) in [4.78, 5) is 15.2. The summed E-state index contributed by atoms with van der Waals surface area (Å²) in [6, 6.07) is 6.91. The first-order valence-electron chi connectivity index (χ1n) is 3.45. The molecule has 0 spiro atoms. The van der Waals surface area contributed by atoms with Gasteiger partial charge in [0.1, 0.15) is 0 Å². The summed E-state index contributed by atoms with van der Waals surface area (Å²) in [5.74, 6) is 4.41. The topological polar surface area (TPSA) is 78.3 Å². The van der Waals surface area contributed by atoms with Crippen LogP contribution in [0.15, 0.2) is 24.3 Å². The predicted molar refractivity (Wildman–Crippen MR) is 43.9 cm³/mol. The Kier molecular flexibility index (Phi) is 2.79. The lowest BCUT2D eigenvalue weighted by Crippen LogP contribution is -2.14. The molecule has 0 unspecified atom stereocenters. The van der Waals surface area contributed by atoms with Crippen molar-refractivity contribution >= 4 is 5.91 Å². The van der Waals surface area contributed by atoms with Gasteiger partial charge in [-0.25, -0.2) is 5.90 Å². The van der Waals surface area contributed by atoms with E-state index in [0.717, 1.165) is 0 Å². The molecular weight excluding hydrogens is 156 g/mol. The van der Waals surface area contributed by atoms with Crippen molar-refractivity contribution < 1.29 is 9.63 Å². The maximum atomic E-state index is 10.8. The summed E-state index contributed by atoms with van der Waals surface area (Å²) in [5.41, 5.74) is 6.26. The fourth-order valence-corrected chi connectivity index (χ4v) is 0.976. The fourth-order valence-electron chi connectivity index (χ4n) is 0.976. The lowest BCUT2D eigenvalue weighted by atomic mass is 10.1. The van der Waals surface area contributed by atoms with E-state index in [1.54, 1.807) is 24.3 Å². The highest BCUT2D eigenvalue weighted by atomic mass is 16.6. The molecule has 0 bridgehead atoms. The van der Waals surface area contributed by atoms with Crippen LogP contribution in [-0.4, -0.2) is 5.91 Å². The maximum Gasteiger partial charge on any atom is 0.249 e. The van der Waals surface area contributed by atoms with Gasteiger partial charge in [0.15, 0.2) is 0 Å². The van der Waals surface area contributed by atoms with Gasteiger partial charge in [-0.3, -0.25) is 9.63 Å². The number of hydrogen-bond acceptors (Lipinski definition) is 3. The molecule has 0 saturated heterocycles. The van der Waals surface area contributed by atoms with Crippen molar-refractivity contribution in [3.63, 3.8) is 0 Å². The summed E-state index contributed by atoms with van der Waals surface area (Å²) in [7, 11) is 0. The Morgan fingerprint density at radius 1 is 1.42 bits per heavy atom. The lowest BCUT2D eigenvalue weighted by molar-refractivity contribution is 0.0986. The molecule has 1 aromatic rings. The second-order valence-corrected chi connectivity index (χ2v) is 2.33. The molecule has 0 radical (unpaired) electrons. The molecule has 0 aliphatic heterocycles. The molecule has 4 nitrogen and oxygen atoms in total. The number of hydrogen-bond donors (Lipinski definition) is 2. The highest BCUT2D eigenvalue weighted by Gasteiger charge is 2.05. The first-order valence-corrected chi connectivity index (χ1v) is 3.45. The van der Waals surface area contributed by atoms with Crippen LogP contribution >= 0.6 is 0 Å². The zero-order valence-electron chi connectivity index (χ0n) is 6.49. The second kappa shape index (κ2) is 3.85. The van der Waals surface area contributed by atoms with Crippen LogP contribution in [0.25, 0.3) is 0 Å². The van der Waals surface area contributed by atoms with E-state index in [-0.39, 0.29) is 6.61 Å². The van der Waals surface area contributed by atoms with Crippen LogP contribution in [0.1, 0.15) is 15.9 Å². The van der Waals surface area contributed by atoms with Crippen LogP contribution in [-0.2, 0) is 11.4 Å². The molecule has 4 heteroatoms. The van der Waals surface area contributed by atoms with Gasteiger partial charge in [0, 0.05) is 5.56 Å². The number of amides is 1. The fraction of sp³-hybridized carbons (Fsp3) is 0.125. The van der Waals surface area contributed by atoms with Gasteiger partial charge in [-0.15, -0.1) is 0 Å². The van der Waals surface area contributed by atoms with Crippen LogP contribution in [0.2, 0.25) is 0 Å². The van der Waals surface area contributed by atoms with Crippen LogP contribution in [0.5, 0.6) is 0 Å². The van der Waals surface area contributed by atoms with Crippen molar-refractivity contribution in [2.45, 2.75) is 6.61 Å². The van der Waals surface area contributed by atoms with Crippen LogP contribution < -0.4 is 11.6 Å². The number of primary amides is 1. The number of carbonyl (C=O) groups is 1. The Labute approximate surface area is 70.1 Å². The van der Waals surface area contributed by atoms with Gasteiger partial charge in [-0.05, 0) is 11.6 Å². The number of benzene rings is 1. The average molecular weight is 166 g/mol. The molecule has 1 amide bonds. The molecular formula is C8H10N2O2. The Hall–Kier alpha value is -1.39. The molecule has 64 valence electrons. The third-order valence-electron chi connectivity index (χ3n) is 1.52. The minimum absolute atomic E-state index is 0.194. The number of nitrogens with two attached hydrogens (primary N) is 2. The van der Waals surface area contributed by atoms with Crippen molar-refractivity contribution in [1.29, 1.82) is 0 Å². The van der Waals surface area contributed by atoms with Gasteiger partial charge in [0.2, 0.25) is 5.91 Å². The van der Waals surface area contributed by atoms with Crippen molar-refractivity contribution in [3.8, 4) is 0 Å². The minimum Gasteiger partial charge on any atom is -0.366 e. The van der Waals surface area contributed by atoms with Gasteiger partial charge < -0.3 is 5.73 Å². The molecule has 0 heterocycles. The van der Waals surface area contributed by atoms with E-state index < -0.39 is 5.91 Å². The normalized spacial score (nSPS) is 9.75. The average Bonchev–Trinajstić information content (AvgIpc) is 2.05. The van der Waals surface area contributed by atoms with Crippen LogP contribution in [0.3, 0.4) is 0 Å². The van der Waals surface area contributed by atoms with Crippen molar-refractivity contribution in [2.75, 3.05) is 0 Å². The van der Waals surface area contributed by atoms with Gasteiger partial charge in [-0.1, -0.05) is 18.2 Å². The van der Waals surface area contributed by atoms with E-state index in [4.69, 9.17) is 11.6 Å². The molecule has 0 aliphatic carbocycles. The number of carbonyl (C=O) groups excluding carboxylic acids is 1. The van der Waals surface area contributed by atoms with E-state index >= 15 is 0 Å². The lowest BCUT2D eigenvalue weighted by Gasteiger charge is -2.03. The summed E-state index contributed by atoms with van der Waals surface area (Å²) < 4.78 is 0. The van der Waals surface area contributed by atoms with Crippen molar-refractivity contribution in [3.05, 3.63) is 35.4 Å². The van der Waals surface area contributed by atoms with Gasteiger partial charge in [-0.2, -0.15) is 0 Å². The third kappa shape index (κ3) is 1.81. The quantitative estimate of drug-likeness (QED) is 0.628. The zero-order chi connectivity index (χ0) is 8.97. The molecule has 12 heavy (non-hydrogen) atoms. The minimum atomic E-state index is -0.470. The summed E-state index contributed by atoms with van der Waals surface area (Å²) >= 11 is 0. The standard InChI is InChI=1S/C8H10N2O2/c9-8(11)7-4-2-1-3-6(7)5-12-10/h1-4H,5,10H2,(H2,9,11). The smallest absolute Gasteiger partial charge is 0.249 e. The Balaban J connectivity index is 3.00. The Morgan fingerprint density at radius 2 is 2.08 bits per heavy atom. The Bertz CT molecular complexity index is 286. The summed E-state index contributed by atoms with van der Waals surface area (Å²) in [6.07, 6.45) is 0. The van der Waals surface area contributed by atoms with Crippen LogP contribution in [0.4, 0.5) is 0 Å². The van der Waals surface area contributed by atoms with E-state index in [2.05, 4.69) is 4.84 Å². The molecule has 0 aromatic heterocycles. The molecule has 0 aliphatic rings. The van der Waals surface area contributed by atoms with E-state index in [1.165, 1.54) is 0 Å². The highest BCUT2D eigenvalue weighted by molar-refractivity contribution is 5.94. The first-order chi connectivity index (χ1) is 5.75. The van der Waals surface area contributed by atoms with Gasteiger partial charge >= 0.3 is 0 Å². The molecule has 1 aromatic carbocycles. The molecule has 1 rings (SSSR count). The SMILES string of the molecule is NOCc1ccccc1C(N)=O. The Morgan fingerprint density at radius 3 is 2.67 bits per heavy atom. The third-order valence-corrected chi connectivity index (χ3v) is 1.52. The molecule has 0 atom stereocenters. The van der Waals surface area contributed by atoms with E-state index in [9.17, 15) is 4.79 Å². The van der Waals surface area contributed by atoms with Crippen LogP contribution in [0, 0.1) is 0 Å². The van der Waals surface area contributed by atoms with E-state index in [1.807, 2.05) is 0 Å². The molecule has 0 fully saturated rings. The highest BCUT2D eigenvalue weighted by Crippen LogP contribution is 2.07. The first kappa shape index (κ1) is 8.70. The van der Waals surface area contributed by atoms with E-state index in [0.29, 0.717) is 11.1 Å². The largest absolute Gasteiger partial charge is 0.366 e. The molecule has 4 N–H and O–H groups in total. The second-order valence-electron chi connectivity index (χ2n) is 2.33. The number of rotatable bonds is 3. The zero-order valence-corrected chi connectivity index (χ0v) is 6.49. The molecule has 0 saturated carbocycles. The monoisotopic (exact) mass is 166 g/mol. The summed E-state index contributed by atoms with van der Waals surface area (Å²) in [5, 5.41) is 0. The maximum absolute atomic E-state index is 10.8. The summed E-state index contributed by atoms with van der Waals surface area (Å²) in [6.45, 7) is 0.194. The predicted octanol–water partition coefficient (Wildman–Crippen LogP) is 0.176.